The molecule has 0 radical (unpaired) electrons. The quantitative estimate of drug-likeness (QED) is 0.737. The summed E-state index contributed by atoms with van der Waals surface area (Å²) in [6, 6.07) is 13.8. The predicted octanol–water partition coefficient (Wildman–Crippen LogP) is 2.11. The number of nitrogens with one attached hydrogen (secondary N) is 1. The minimum absolute atomic E-state index is 0.161. The van der Waals surface area contributed by atoms with Gasteiger partial charge in [-0.1, -0.05) is 30.3 Å². The van der Waals surface area contributed by atoms with E-state index in [1.807, 2.05) is 47.0 Å². The number of hydrogen-bond donors (Lipinski definition) is 1. The van der Waals surface area contributed by atoms with E-state index in [0.29, 0.717) is 24.2 Å². The maximum atomic E-state index is 12.7. The first-order chi connectivity index (χ1) is 13.8. The molecular weight excluding hydrogens is 354 g/mol. The van der Waals surface area contributed by atoms with Crippen LogP contribution in [0.1, 0.15) is 27.8 Å². The van der Waals surface area contributed by atoms with Crippen LogP contribution in [0.5, 0.6) is 0 Å². The Morgan fingerprint density at radius 2 is 1.93 bits per heavy atom. The molecule has 1 N–H and O–H groups in total. The Morgan fingerprint density at radius 3 is 2.75 bits per heavy atom. The molecule has 0 saturated carbocycles. The number of amides is 1. The minimum Gasteiger partial charge on any atom is -0.468 e. The van der Waals surface area contributed by atoms with Crippen molar-refractivity contribution < 1.29 is 9.21 Å². The van der Waals surface area contributed by atoms with Crippen LogP contribution in [0.4, 0.5) is 0 Å². The molecule has 0 unspecified atom stereocenters. The lowest BCUT2D eigenvalue weighted by Gasteiger charge is -2.25. The summed E-state index contributed by atoms with van der Waals surface area (Å²) >= 11 is 0. The summed E-state index contributed by atoms with van der Waals surface area (Å²) in [6.45, 7) is 4.17. The van der Waals surface area contributed by atoms with E-state index in [2.05, 4.69) is 20.4 Å². The highest BCUT2D eigenvalue weighted by Crippen LogP contribution is 2.33. The largest absolute Gasteiger partial charge is 0.468 e. The maximum Gasteiger partial charge on any atom is 0.289 e. The Bertz CT molecular complexity index is 951. The van der Waals surface area contributed by atoms with E-state index >= 15 is 0 Å². The van der Waals surface area contributed by atoms with Crippen molar-refractivity contribution in [3.63, 3.8) is 0 Å². The summed E-state index contributed by atoms with van der Waals surface area (Å²) in [5.74, 6) is 3.26. The van der Waals surface area contributed by atoms with Crippen molar-refractivity contribution >= 4 is 5.91 Å². The second-order valence-corrected chi connectivity index (χ2v) is 7.72. The van der Waals surface area contributed by atoms with E-state index in [4.69, 9.17) is 4.42 Å². The van der Waals surface area contributed by atoms with Crippen molar-refractivity contribution in [3.05, 3.63) is 71.7 Å². The van der Waals surface area contributed by atoms with Gasteiger partial charge in [0.05, 0.1) is 12.8 Å². The molecule has 28 heavy (non-hydrogen) atoms. The molecule has 3 aromatic rings. The lowest BCUT2D eigenvalue weighted by Crippen LogP contribution is -2.32. The number of carbonyl (C=O) groups is 1. The molecular formula is C21H23N5O2. The van der Waals surface area contributed by atoms with Gasteiger partial charge in [-0.05, 0) is 29.5 Å². The lowest BCUT2D eigenvalue weighted by atomic mass is 9.89. The molecule has 2 aromatic heterocycles. The molecule has 5 rings (SSSR count). The fourth-order valence-corrected chi connectivity index (χ4v) is 4.40. The van der Waals surface area contributed by atoms with Gasteiger partial charge in [-0.2, -0.15) is 0 Å². The van der Waals surface area contributed by atoms with E-state index in [1.54, 1.807) is 6.26 Å². The average Bonchev–Trinajstić information content (AvgIpc) is 3.44. The van der Waals surface area contributed by atoms with E-state index < -0.39 is 0 Å². The number of furan rings is 1. The zero-order chi connectivity index (χ0) is 18.9. The Balaban J connectivity index is 1.25. The molecule has 1 fully saturated rings. The number of fused-ring (bicyclic) bond motifs is 2. The van der Waals surface area contributed by atoms with Crippen LogP contribution in [0.2, 0.25) is 0 Å². The standard InChI is InChI=1S/C21H23N5O2/c27-21(22-10-15-5-2-1-3-6-15)20-24-23-19-9-16-11-25(12-17(16)13-26(19)20)14-18-7-4-8-28-18/h1-8,16-17H,9-14H2,(H,22,27)/t16-,17-/m0/s1. The highest BCUT2D eigenvalue weighted by atomic mass is 16.3. The fraction of sp³-hybridized carbons (Fsp3) is 0.381. The predicted molar refractivity (Wildman–Crippen MR) is 102 cm³/mol. The molecule has 0 spiro atoms. The van der Waals surface area contributed by atoms with E-state index in [9.17, 15) is 4.79 Å². The van der Waals surface area contributed by atoms with Crippen LogP contribution in [-0.2, 0) is 26.1 Å². The molecule has 144 valence electrons. The van der Waals surface area contributed by atoms with Crippen LogP contribution < -0.4 is 5.32 Å². The molecule has 1 amide bonds. The van der Waals surface area contributed by atoms with Crippen molar-refractivity contribution in [1.82, 2.24) is 25.0 Å². The van der Waals surface area contributed by atoms with Crippen LogP contribution >= 0.6 is 0 Å². The summed E-state index contributed by atoms with van der Waals surface area (Å²) < 4.78 is 7.50. The molecule has 4 heterocycles. The third kappa shape index (κ3) is 3.33. The monoisotopic (exact) mass is 377 g/mol. The molecule has 1 saturated heterocycles. The Morgan fingerprint density at radius 1 is 1.07 bits per heavy atom. The van der Waals surface area contributed by atoms with Gasteiger partial charge >= 0.3 is 0 Å². The normalized spacial score (nSPS) is 21.3. The number of hydrogen-bond acceptors (Lipinski definition) is 5. The molecule has 2 aliphatic heterocycles. The number of likely N-dealkylation sites (tertiary alicyclic amines) is 1. The number of rotatable bonds is 5. The molecule has 2 atom stereocenters. The van der Waals surface area contributed by atoms with Gasteiger partial charge in [0, 0.05) is 32.6 Å². The van der Waals surface area contributed by atoms with Gasteiger partial charge < -0.3 is 14.3 Å². The second kappa shape index (κ2) is 7.24. The molecule has 0 aliphatic carbocycles. The smallest absolute Gasteiger partial charge is 0.289 e. The van der Waals surface area contributed by atoms with E-state index in [-0.39, 0.29) is 5.91 Å². The summed E-state index contributed by atoms with van der Waals surface area (Å²) in [5, 5.41) is 11.5. The summed E-state index contributed by atoms with van der Waals surface area (Å²) in [4.78, 5) is 15.1. The van der Waals surface area contributed by atoms with E-state index in [0.717, 1.165) is 49.7 Å². The first-order valence-corrected chi connectivity index (χ1v) is 9.75. The van der Waals surface area contributed by atoms with Crippen molar-refractivity contribution in [1.29, 1.82) is 0 Å². The highest BCUT2D eigenvalue weighted by molar-refractivity contribution is 5.90. The van der Waals surface area contributed by atoms with Crippen molar-refractivity contribution in [2.75, 3.05) is 13.1 Å². The molecule has 0 bridgehead atoms. The van der Waals surface area contributed by atoms with Gasteiger partial charge in [0.15, 0.2) is 0 Å². The van der Waals surface area contributed by atoms with Crippen LogP contribution in [0.3, 0.4) is 0 Å². The highest BCUT2D eigenvalue weighted by Gasteiger charge is 2.39. The summed E-state index contributed by atoms with van der Waals surface area (Å²) in [5.41, 5.74) is 1.07. The van der Waals surface area contributed by atoms with E-state index in [1.165, 1.54) is 0 Å². The first-order valence-electron chi connectivity index (χ1n) is 9.75. The zero-order valence-corrected chi connectivity index (χ0v) is 15.6. The lowest BCUT2D eigenvalue weighted by molar-refractivity contribution is 0.0932. The minimum atomic E-state index is -0.161. The van der Waals surface area contributed by atoms with Gasteiger partial charge in [-0.3, -0.25) is 9.69 Å². The number of benzene rings is 1. The second-order valence-electron chi connectivity index (χ2n) is 7.72. The Labute approximate surface area is 163 Å². The van der Waals surface area contributed by atoms with Crippen molar-refractivity contribution in [2.24, 2.45) is 11.8 Å². The SMILES string of the molecule is O=C(NCc1ccccc1)c1nnc2n1C[C@@H]1CN(Cc3ccco3)C[C@@H]1C2. The third-order valence-corrected chi connectivity index (χ3v) is 5.80. The zero-order valence-electron chi connectivity index (χ0n) is 15.6. The molecule has 7 heteroatoms. The third-order valence-electron chi connectivity index (χ3n) is 5.80. The van der Waals surface area contributed by atoms with Gasteiger partial charge in [0.1, 0.15) is 11.6 Å². The Kier molecular flexibility index (Phi) is 4.44. The molecule has 1 aromatic carbocycles. The van der Waals surface area contributed by atoms with Crippen LogP contribution in [0.15, 0.2) is 53.1 Å². The van der Waals surface area contributed by atoms with Crippen molar-refractivity contribution in [3.8, 4) is 0 Å². The number of nitrogens with zero attached hydrogens (tertiary/aromatic N) is 4. The molecule has 2 aliphatic rings. The first kappa shape index (κ1) is 17.2. The van der Waals surface area contributed by atoms with Crippen LogP contribution in [-0.4, -0.2) is 38.7 Å². The van der Waals surface area contributed by atoms with Gasteiger partial charge in [0.2, 0.25) is 5.82 Å². The summed E-state index contributed by atoms with van der Waals surface area (Å²) in [7, 11) is 0. The van der Waals surface area contributed by atoms with Crippen molar-refractivity contribution in [2.45, 2.75) is 26.1 Å². The molecule has 7 nitrogen and oxygen atoms in total. The van der Waals surface area contributed by atoms with Gasteiger partial charge in [0.25, 0.3) is 5.91 Å². The fourth-order valence-electron chi connectivity index (χ4n) is 4.40. The van der Waals surface area contributed by atoms with Crippen LogP contribution in [0, 0.1) is 11.8 Å². The average molecular weight is 377 g/mol. The summed E-state index contributed by atoms with van der Waals surface area (Å²) in [6.07, 6.45) is 2.60. The van der Waals surface area contributed by atoms with Gasteiger partial charge in [-0.15, -0.1) is 10.2 Å². The topological polar surface area (TPSA) is 76.2 Å². The van der Waals surface area contributed by atoms with Crippen LogP contribution in [0.25, 0.3) is 0 Å². The number of aromatic nitrogens is 3. The Hall–Kier alpha value is -2.93. The maximum absolute atomic E-state index is 12.7. The van der Waals surface area contributed by atoms with Gasteiger partial charge in [-0.25, -0.2) is 0 Å². The number of carbonyl (C=O) groups excluding carboxylic acids is 1.